The molecule has 1 heterocycles. The molecule has 4 heteroatoms. The van der Waals surface area contributed by atoms with Gasteiger partial charge < -0.3 is 10.2 Å². The Kier molecular flexibility index (Phi) is 3.71. The number of hydrogen-bond donors (Lipinski definition) is 2. The lowest BCUT2D eigenvalue weighted by molar-refractivity contribution is 0.0163. The van der Waals surface area contributed by atoms with Gasteiger partial charge in [0.2, 0.25) is 0 Å². The van der Waals surface area contributed by atoms with E-state index in [0.29, 0.717) is 6.42 Å². The summed E-state index contributed by atoms with van der Waals surface area (Å²) in [5.41, 5.74) is 0.773. The van der Waals surface area contributed by atoms with Crippen LogP contribution in [0.3, 0.4) is 0 Å². The summed E-state index contributed by atoms with van der Waals surface area (Å²) >= 11 is 4.81. The van der Waals surface area contributed by atoms with Gasteiger partial charge in [0.25, 0.3) is 0 Å². The molecule has 0 aliphatic rings. The van der Waals surface area contributed by atoms with Crippen LogP contribution in [0.15, 0.2) is 15.2 Å². The number of aliphatic hydroxyl groups excluding tert-OH is 2. The van der Waals surface area contributed by atoms with Crippen molar-refractivity contribution in [2.24, 2.45) is 0 Å². The van der Waals surface area contributed by atoms with E-state index in [-0.39, 0.29) is 0 Å². The van der Waals surface area contributed by atoms with Crippen LogP contribution < -0.4 is 0 Å². The smallest absolute Gasteiger partial charge is 0.107 e. The van der Waals surface area contributed by atoms with Gasteiger partial charge in [0.1, 0.15) is 6.10 Å². The zero-order chi connectivity index (χ0) is 9.14. The molecule has 0 aliphatic heterocycles. The maximum absolute atomic E-state index is 9.59. The first-order valence-electron chi connectivity index (χ1n) is 3.74. The van der Waals surface area contributed by atoms with Crippen LogP contribution in [0.25, 0.3) is 0 Å². The molecule has 0 fully saturated rings. The summed E-state index contributed by atoms with van der Waals surface area (Å²) in [7, 11) is 0. The van der Waals surface area contributed by atoms with E-state index in [0.717, 1.165) is 10.0 Å². The average molecular weight is 251 g/mol. The van der Waals surface area contributed by atoms with Gasteiger partial charge in [-0.05, 0) is 27.7 Å². The van der Waals surface area contributed by atoms with Crippen LogP contribution in [-0.2, 0) is 0 Å². The van der Waals surface area contributed by atoms with Crippen LogP contribution in [0.5, 0.6) is 0 Å². The van der Waals surface area contributed by atoms with E-state index in [1.165, 1.54) is 11.3 Å². The molecule has 68 valence electrons. The van der Waals surface area contributed by atoms with Crippen molar-refractivity contribution in [2.45, 2.75) is 25.6 Å². The van der Waals surface area contributed by atoms with Crippen molar-refractivity contribution in [1.29, 1.82) is 0 Å². The van der Waals surface area contributed by atoms with Crippen molar-refractivity contribution in [3.63, 3.8) is 0 Å². The molecule has 0 saturated heterocycles. The lowest BCUT2D eigenvalue weighted by Gasteiger charge is -2.15. The monoisotopic (exact) mass is 250 g/mol. The highest BCUT2D eigenvalue weighted by Gasteiger charge is 2.19. The molecule has 1 aromatic rings. The third kappa shape index (κ3) is 2.07. The summed E-state index contributed by atoms with van der Waals surface area (Å²) in [6.45, 7) is 1.84. The van der Waals surface area contributed by atoms with Crippen molar-refractivity contribution >= 4 is 27.3 Å². The zero-order valence-electron chi connectivity index (χ0n) is 6.70. The maximum atomic E-state index is 9.59. The second-order valence-corrected chi connectivity index (χ2v) is 4.19. The first kappa shape index (κ1) is 10.2. The Morgan fingerprint density at radius 3 is 2.58 bits per heavy atom. The molecule has 2 atom stereocenters. The van der Waals surface area contributed by atoms with E-state index < -0.39 is 12.2 Å². The fourth-order valence-electron chi connectivity index (χ4n) is 0.933. The molecule has 0 bridgehead atoms. The van der Waals surface area contributed by atoms with E-state index in [1.807, 2.05) is 17.7 Å². The molecule has 2 unspecified atom stereocenters. The summed E-state index contributed by atoms with van der Waals surface area (Å²) in [6, 6.07) is 0. The predicted octanol–water partition coefficient (Wildman–Crippen LogP) is 2.31. The molecule has 1 rings (SSSR count). The van der Waals surface area contributed by atoms with Crippen LogP contribution >= 0.6 is 27.3 Å². The maximum Gasteiger partial charge on any atom is 0.107 e. The summed E-state index contributed by atoms with van der Waals surface area (Å²) in [5.74, 6) is 0. The Morgan fingerprint density at radius 1 is 1.50 bits per heavy atom. The minimum atomic E-state index is -0.768. The van der Waals surface area contributed by atoms with Crippen molar-refractivity contribution in [3.8, 4) is 0 Å². The Hall–Kier alpha value is 0.100. The largest absolute Gasteiger partial charge is 0.390 e. The van der Waals surface area contributed by atoms with Gasteiger partial charge in [-0.1, -0.05) is 6.92 Å². The Bertz CT molecular complexity index is 249. The Balaban J connectivity index is 2.77. The number of halogens is 1. The quantitative estimate of drug-likeness (QED) is 0.865. The topological polar surface area (TPSA) is 40.5 Å². The molecule has 0 aliphatic carbocycles. The highest BCUT2D eigenvalue weighted by Crippen LogP contribution is 2.29. The van der Waals surface area contributed by atoms with Gasteiger partial charge in [-0.2, -0.15) is 11.3 Å². The first-order valence-corrected chi connectivity index (χ1v) is 5.48. The fourth-order valence-corrected chi connectivity index (χ4v) is 2.49. The number of aliphatic hydroxyl groups is 2. The van der Waals surface area contributed by atoms with Crippen molar-refractivity contribution in [3.05, 3.63) is 20.8 Å². The van der Waals surface area contributed by atoms with E-state index in [9.17, 15) is 10.2 Å². The standard InChI is InChI=1S/C8H11BrO2S/c1-2-7(10)8(11)5-3-12-4-6(5)9/h3-4,7-8,10-11H,2H2,1H3. The SMILES string of the molecule is CCC(O)C(O)c1cscc1Br. The second-order valence-electron chi connectivity index (χ2n) is 2.60. The molecule has 0 spiro atoms. The van der Waals surface area contributed by atoms with Gasteiger partial charge >= 0.3 is 0 Å². The minimum absolute atomic E-state index is 0.559. The number of thiophene rings is 1. The highest BCUT2D eigenvalue weighted by molar-refractivity contribution is 9.10. The van der Waals surface area contributed by atoms with Crippen molar-refractivity contribution in [2.75, 3.05) is 0 Å². The Labute approximate surface area is 84.0 Å². The second kappa shape index (κ2) is 4.37. The van der Waals surface area contributed by atoms with Gasteiger partial charge in [0, 0.05) is 15.4 Å². The van der Waals surface area contributed by atoms with Gasteiger partial charge in [0.05, 0.1) is 6.10 Å². The van der Waals surface area contributed by atoms with Crippen molar-refractivity contribution in [1.82, 2.24) is 0 Å². The van der Waals surface area contributed by atoms with Crippen molar-refractivity contribution < 1.29 is 10.2 Å². The van der Waals surface area contributed by atoms with E-state index in [1.54, 1.807) is 0 Å². The van der Waals surface area contributed by atoms with E-state index in [4.69, 9.17) is 0 Å². The van der Waals surface area contributed by atoms with Gasteiger partial charge in [-0.3, -0.25) is 0 Å². The molecular weight excluding hydrogens is 240 g/mol. The number of rotatable bonds is 3. The normalized spacial score (nSPS) is 16.0. The number of hydrogen-bond acceptors (Lipinski definition) is 3. The third-order valence-corrected chi connectivity index (χ3v) is 3.50. The van der Waals surface area contributed by atoms with E-state index in [2.05, 4.69) is 15.9 Å². The molecule has 2 N–H and O–H groups in total. The molecule has 1 aromatic heterocycles. The molecular formula is C8H11BrO2S. The average Bonchev–Trinajstić information content (AvgIpc) is 2.48. The lowest BCUT2D eigenvalue weighted by atomic mass is 10.1. The van der Waals surface area contributed by atoms with Crippen LogP contribution in [0.4, 0.5) is 0 Å². The predicted molar refractivity (Wildman–Crippen MR) is 53.3 cm³/mol. The van der Waals surface area contributed by atoms with Crippen LogP contribution in [0.1, 0.15) is 25.0 Å². The summed E-state index contributed by atoms with van der Waals surface area (Å²) < 4.78 is 0.868. The van der Waals surface area contributed by atoms with Gasteiger partial charge in [0.15, 0.2) is 0 Å². The van der Waals surface area contributed by atoms with Gasteiger partial charge in [-0.25, -0.2) is 0 Å². The molecule has 0 aromatic carbocycles. The summed E-state index contributed by atoms with van der Waals surface area (Å²) in [6.07, 6.45) is -0.879. The minimum Gasteiger partial charge on any atom is -0.390 e. The lowest BCUT2D eigenvalue weighted by Crippen LogP contribution is -2.16. The molecule has 2 nitrogen and oxygen atoms in total. The van der Waals surface area contributed by atoms with Crippen LogP contribution in [-0.4, -0.2) is 16.3 Å². The molecule has 0 amide bonds. The van der Waals surface area contributed by atoms with E-state index >= 15 is 0 Å². The molecule has 0 radical (unpaired) electrons. The van der Waals surface area contributed by atoms with Crippen LogP contribution in [0.2, 0.25) is 0 Å². The fraction of sp³-hybridized carbons (Fsp3) is 0.500. The van der Waals surface area contributed by atoms with Crippen LogP contribution in [0, 0.1) is 0 Å². The zero-order valence-corrected chi connectivity index (χ0v) is 9.10. The Morgan fingerprint density at radius 2 is 2.17 bits per heavy atom. The summed E-state index contributed by atoms with van der Waals surface area (Å²) in [4.78, 5) is 0. The third-order valence-electron chi connectivity index (χ3n) is 1.74. The van der Waals surface area contributed by atoms with Gasteiger partial charge in [-0.15, -0.1) is 0 Å². The molecule has 12 heavy (non-hydrogen) atoms. The highest BCUT2D eigenvalue weighted by atomic mass is 79.9. The first-order chi connectivity index (χ1) is 5.66. The molecule has 0 saturated carbocycles. The summed E-state index contributed by atoms with van der Waals surface area (Å²) in [5, 5.41) is 22.7.